The van der Waals surface area contributed by atoms with Gasteiger partial charge in [0.1, 0.15) is 0 Å². The molecular weight excluding hydrogens is 246 g/mol. The van der Waals surface area contributed by atoms with Crippen molar-refractivity contribution in [3.8, 4) is 0 Å². The summed E-state index contributed by atoms with van der Waals surface area (Å²) in [6, 6.07) is 0.773. The molecule has 1 saturated heterocycles. The Morgan fingerprint density at radius 2 is 1.40 bits per heavy atom. The highest BCUT2D eigenvalue weighted by atomic mass is 15.5. The zero-order valence-corrected chi connectivity index (χ0v) is 13.3. The van der Waals surface area contributed by atoms with E-state index in [0.29, 0.717) is 0 Å². The molecule has 3 rings (SSSR count). The number of nitrogens with zero attached hydrogens (tertiary/aromatic N) is 2. The van der Waals surface area contributed by atoms with E-state index < -0.39 is 0 Å². The highest BCUT2D eigenvalue weighted by molar-refractivity contribution is 4.87. The van der Waals surface area contributed by atoms with Crippen molar-refractivity contribution >= 4 is 0 Å². The number of hydrogen-bond acceptors (Lipinski definition) is 3. The third-order valence-corrected chi connectivity index (χ3v) is 5.93. The predicted octanol–water partition coefficient (Wildman–Crippen LogP) is 2.88. The fourth-order valence-corrected chi connectivity index (χ4v) is 4.62. The number of piperazine rings is 1. The first-order valence-corrected chi connectivity index (χ1v) is 9.02. The topological polar surface area (TPSA) is 18.5 Å². The van der Waals surface area contributed by atoms with E-state index in [1.165, 1.54) is 84.0 Å². The van der Waals surface area contributed by atoms with Gasteiger partial charge in [-0.15, -0.1) is 0 Å². The Bertz CT molecular complexity index is 280. The van der Waals surface area contributed by atoms with E-state index in [1.54, 1.807) is 0 Å². The Labute approximate surface area is 125 Å². The molecule has 0 aromatic carbocycles. The summed E-state index contributed by atoms with van der Waals surface area (Å²) in [5.41, 5.74) is 3.93. The normalized spacial score (nSPS) is 35.2. The first-order chi connectivity index (χ1) is 9.83. The smallest absolute Gasteiger partial charge is 0.0259 e. The van der Waals surface area contributed by atoms with Crippen molar-refractivity contribution in [3.63, 3.8) is 0 Å². The van der Waals surface area contributed by atoms with Crippen LogP contribution in [0.1, 0.15) is 57.8 Å². The molecule has 1 aliphatic heterocycles. The van der Waals surface area contributed by atoms with Crippen molar-refractivity contribution in [2.45, 2.75) is 63.8 Å². The molecule has 3 aliphatic rings. The molecule has 1 heterocycles. The van der Waals surface area contributed by atoms with Crippen LogP contribution in [0.25, 0.3) is 0 Å². The van der Waals surface area contributed by atoms with E-state index in [0.717, 1.165) is 17.9 Å². The van der Waals surface area contributed by atoms with Gasteiger partial charge in [0.25, 0.3) is 0 Å². The molecule has 0 bridgehead atoms. The van der Waals surface area contributed by atoms with Crippen molar-refractivity contribution in [1.82, 2.24) is 15.3 Å². The fraction of sp³-hybridized carbons (Fsp3) is 1.00. The number of hydrogen-bond donors (Lipinski definition) is 1. The SMILES string of the molecule is CN1CCN(NC2CCCCC2C2CCCCC2)CC1. The van der Waals surface area contributed by atoms with Crippen molar-refractivity contribution < 1.29 is 0 Å². The van der Waals surface area contributed by atoms with Gasteiger partial charge in [0.2, 0.25) is 0 Å². The number of likely N-dealkylation sites (N-methyl/N-ethyl adjacent to an activating group) is 1. The molecule has 0 aromatic heterocycles. The quantitative estimate of drug-likeness (QED) is 0.857. The van der Waals surface area contributed by atoms with Gasteiger partial charge in [0.15, 0.2) is 0 Å². The van der Waals surface area contributed by atoms with Crippen LogP contribution in [-0.4, -0.2) is 49.2 Å². The molecule has 3 fully saturated rings. The van der Waals surface area contributed by atoms with Crippen LogP contribution in [0.3, 0.4) is 0 Å². The maximum atomic E-state index is 3.93. The van der Waals surface area contributed by atoms with E-state index in [4.69, 9.17) is 0 Å². The first kappa shape index (κ1) is 14.8. The lowest BCUT2D eigenvalue weighted by Crippen LogP contribution is -2.56. The van der Waals surface area contributed by atoms with E-state index in [2.05, 4.69) is 22.4 Å². The average molecular weight is 279 g/mol. The third-order valence-electron chi connectivity index (χ3n) is 5.93. The standard InChI is InChI=1S/C17H33N3/c1-19-11-13-20(14-12-19)18-17-10-6-5-9-16(17)15-7-3-2-4-8-15/h15-18H,2-14H2,1H3. The van der Waals surface area contributed by atoms with Crippen LogP contribution in [0, 0.1) is 11.8 Å². The van der Waals surface area contributed by atoms with Crippen molar-refractivity contribution in [2.75, 3.05) is 33.2 Å². The minimum atomic E-state index is 0.773. The van der Waals surface area contributed by atoms with Gasteiger partial charge in [-0.2, -0.15) is 0 Å². The molecule has 116 valence electrons. The molecular formula is C17H33N3. The van der Waals surface area contributed by atoms with Gasteiger partial charge < -0.3 is 4.90 Å². The predicted molar refractivity (Wildman–Crippen MR) is 84.5 cm³/mol. The Morgan fingerprint density at radius 3 is 2.15 bits per heavy atom. The number of hydrazine groups is 1. The molecule has 0 aromatic rings. The third kappa shape index (κ3) is 3.75. The average Bonchev–Trinajstić information content (AvgIpc) is 2.51. The van der Waals surface area contributed by atoms with Crippen LogP contribution < -0.4 is 5.43 Å². The summed E-state index contributed by atoms with van der Waals surface area (Å²) in [6.45, 7) is 4.83. The molecule has 0 radical (unpaired) electrons. The Morgan fingerprint density at radius 1 is 0.750 bits per heavy atom. The monoisotopic (exact) mass is 279 g/mol. The number of rotatable bonds is 3. The summed E-state index contributed by atoms with van der Waals surface area (Å²) in [5.74, 6) is 1.98. The van der Waals surface area contributed by atoms with E-state index in [9.17, 15) is 0 Å². The van der Waals surface area contributed by atoms with Crippen LogP contribution in [0.15, 0.2) is 0 Å². The summed E-state index contributed by atoms with van der Waals surface area (Å²) in [7, 11) is 2.24. The van der Waals surface area contributed by atoms with E-state index in [1.807, 2.05) is 0 Å². The van der Waals surface area contributed by atoms with E-state index in [-0.39, 0.29) is 0 Å². The largest absolute Gasteiger partial charge is 0.304 e. The van der Waals surface area contributed by atoms with Crippen molar-refractivity contribution in [1.29, 1.82) is 0 Å². The van der Waals surface area contributed by atoms with Gasteiger partial charge >= 0.3 is 0 Å². The molecule has 3 nitrogen and oxygen atoms in total. The van der Waals surface area contributed by atoms with Gasteiger partial charge in [-0.1, -0.05) is 44.9 Å². The molecule has 2 saturated carbocycles. The van der Waals surface area contributed by atoms with Gasteiger partial charge in [-0.05, 0) is 31.7 Å². The van der Waals surface area contributed by atoms with Crippen LogP contribution in [-0.2, 0) is 0 Å². The van der Waals surface area contributed by atoms with Crippen LogP contribution in [0.2, 0.25) is 0 Å². The van der Waals surface area contributed by atoms with Crippen molar-refractivity contribution in [2.24, 2.45) is 11.8 Å². The first-order valence-electron chi connectivity index (χ1n) is 9.02. The maximum Gasteiger partial charge on any atom is 0.0259 e. The molecule has 2 atom stereocenters. The zero-order chi connectivity index (χ0) is 13.8. The lowest BCUT2D eigenvalue weighted by Gasteiger charge is -2.43. The minimum Gasteiger partial charge on any atom is -0.304 e. The summed E-state index contributed by atoms with van der Waals surface area (Å²) in [5, 5.41) is 2.52. The second kappa shape index (κ2) is 7.24. The van der Waals surface area contributed by atoms with Crippen LogP contribution in [0.4, 0.5) is 0 Å². The molecule has 2 aliphatic carbocycles. The van der Waals surface area contributed by atoms with Gasteiger partial charge in [0, 0.05) is 32.2 Å². The summed E-state index contributed by atoms with van der Waals surface area (Å²) < 4.78 is 0. The van der Waals surface area contributed by atoms with Gasteiger partial charge in [-0.25, -0.2) is 5.01 Å². The van der Waals surface area contributed by atoms with Crippen LogP contribution in [0.5, 0.6) is 0 Å². The lowest BCUT2D eigenvalue weighted by atomic mass is 9.71. The molecule has 2 unspecified atom stereocenters. The molecule has 0 spiro atoms. The Balaban J connectivity index is 1.54. The Hall–Kier alpha value is -0.120. The van der Waals surface area contributed by atoms with Gasteiger partial charge in [-0.3, -0.25) is 5.43 Å². The maximum absolute atomic E-state index is 3.93. The second-order valence-corrected chi connectivity index (χ2v) is 7.37. The Kier molecular flexibility index (Phi) is 5.36. The highest BCUT2D eigenvalue weighted by Crippen LogP contribution is 2.38. The van der Waals surface area contributed by atoms with Crippen molar-refractivity contribution in [3.05, 3.63) is 0 Å². The molecule has 0 amide bonds. The van der Waals surface area contributed by atoms with Crippen LogP contribution >= 0.6 is 0 Å². The minimum absolute atomic E-state index is 0.773. The number of nitrogens with one attached hydrogen (secondary N) is 1. The highest BCUT2D eigenvalue weighted by Gasteiger charge is 2.33. The second-order valence-electron chi connectivity index (χ2n) is 7.37. The molecule has 20 heavy (non-hydrogen) atoms. The summed E-state index contributed by atoms with van der Waals surface area (Å²) in [4.78, 5) is 2.44. The summed E-state index contributed by atoms with van der Waals surface area (Å²) in [6.07, 6.45) is 13.3. The molecule has 3 heteroatoms. The zero-order valence-electron chi connectivity index (χ0n) is 13.3. The van der Waals surface area contributed by atoms with Gasteiger partial charge in [0.05, 0.1) is 0 Å². The fourth-order valence-electron chi connectivity index (χ4n) is 4.62. The molecule has 1 N–H and O–H groups in total. The van der Waals surface area contributed by atoms with E-state index >= 15 is 0 Å². The summed E-state index contributed by atoms with van der Waals surface area (Å²) >= 11 is 0. The lowest BCUT2D eigenvalue weighted by molar-refractivity contribution is 0.0421.